The third kappa shape index (κ3) is 3.97. The van der Waals surface area contributed by atoms with Crippen LogP contribution >= 0.6 is 0 Å². The molecule has 140 valence electrons. The van der Waals surface area contributed by atoms with Crippen molar-refractivity contribution in [3.8, 4) is 6.07 Å². The van der Waals surface area contributed by atoms with Crippen LogP contribution in [-0.4, -0.2) is 11.9 Å². The third-order valence-electron chi connectivity index (χ3n) is 4.78. The molecule has 0 spiro atoms. The zero-order chi connectivity index (χ0) is 19.8. The van der Waals surface area contributed by atoms with E-state index in [9.17, 15) is 18.0 Å². The topological polar surface area (TPSA) is 44.1 Å². The molecular formula is C21H19F3N2O. The lowest BCUT2D eigenvalue weighted by molar-refractivity contribution is -0.137. The Hall–Kier alpha value is -2.81. The van der Waals surface area contributed by atoms with Crippen LogP contribution in [0.15, 0.2) is 48.5 Å². The SMILES string of the molecule is CC(C)N(C(=O)C1CC1c1ccc(C(F)(F)F)cc1)c1cccc(C#N)c1. The lowest BCUT2D eigenvalue weighted by Gasteiger charge is -2.27. The van der Waals surface area contributed by atoms with E-state index in [0.29, 0.717) is 17.7 Å². The molecule has 2 aromatic carbocycles. The molecule has 0 aromatic heterocycles. The van der Waals surface area contributed by atoms with E-state index in [1.807, 2.05) is 13.8 Å². The number of carbonyl (C=O) groups is 1. The fourth-order valence-corrected chi connectivity index (χ4v) is 3.34. The number of hydrogen-bond acceptors (Lipinski definition) is 2. The highest BCUT2D eigenvalue weighted by Gasteiger charge is 2.46. The molecule has 2 atom stereocenters. The van der Waals surface area contributed by atoms with Crippen LogP contribution in [0.4, 0.5) is 18.9 Å². The Bertz CT molecular complexity index is 882. The van der Waals surface area contributed by atoms with Gasteiger partial charge in [-0.1, -0.05) is 18.2 Å². The van der Waals surface area contributed by atoms with Crippen LogP contribution in [0.25, 0.3) is 0 Å². The molecule has 1 saturated carbocycles. The van der Waals surface area contributed by atoms with Gasteiger partial charge in [-0.3, -0.25) is 4.79 Å². The first-order valence-electron chi connectivity index (χ1n) is 8.72. The van der Waals surface area contributed by atoms with E-state index < -0.39 is 11.7 Å². The number of hydrogen-bond donors (Lipinski definition) is 0. The molecule has 2 unspecified atom stereocenters. The number of amides is 1. The summed E-state index contributed by atoms with van der Waals surface area (Å²) in [7, 11) is 0. The first-order valence-corrected chi connectivity index (χ1v) is 8.72. The maximum Gasteiger partial charge on any atom is 0.416 e. The molecule has 0 bridgehead atoms. The predicted molar refractivity (Wildman–Crippen MR) is 96.1 cm³/mol. The van der Waals surface area contributed by atoms with Crippen LogP contribution in [0, 0.1) is 17.2 Å². The van der Waals surface area contributed by atoms with Crippen molar-refractivity contribution >= 4 is 11.6 Å². The third-order valence-corrected chi connectivity index (χ3v) is 4.78. The number of nitrogens with zero attached hydrogens (tertiary/aromatic N) is 2. The molecule has 0 heterocycles. The van der Waals surface area contributed by atoms with E-state index in [4.69, 9.17) is 5.26 Å². The zero-order valence-corrected chi connectivity index (χ0v) is 15.0. The summed E-state index contributed by atoms with van der Waals surface area (Å²) in [5.41, 5.74) is 1.19. The Morgan fingerprint density at radius 1 is 1.19 bits per heavy atom. The van der Waals surface area contributed by atoms with Crippen molar-refractivity contribution in [1.82, 2.24) is 0 Å². The van der Waals surface area contributed by atoms with Crippen LogP contribution < -0.4 is 4.90 Å². The van der Waals surface area contributed by atoms with E-state index in [1.54, 1.807) is 29.2 Å². The molecule has 1 fully saturated rings. The van der Waals surface area contributed by atoms with Gasteiger partial charge in [0.25, 0.3) is 0 Å². The van der Waals surface area contributed by atoms with Crippen LogP contribution in [0.2, 0.25) is 0 Å². The molecule has 6 heteroatoms. The summed E-state index contributed by atoms with van der Waals surface area (Å²) in [6.45, 7) is 3.79. The van der Waals surface area contributed by atoms with Gasteiger partial charge in [0.05, 0.1) is 17.2 Å². The maximum atomic E-state index is 13.0. The van der Waals surface area contributed by atoms with Crippen molar-refractivity contribution in [2.75, 3.05) is 4.90 Å². The smallest absolute Gasteiger partial charge is 0.310 e. The monoisotopic (exact) mass is 372 g/mol. The van der Waals surface area contributed by atoms with E-state index in [1.165, 1.54) is 12.1 Å². The highest BCUT2D eigenvalue weighted by Crippen LogP contribution is 2.49. The molecule has 1 aliphatic carbocycles. The van der Waals surface area contributed by atoms with Gasteiger partial charge >= 0.3 is 6.18 Å². The molecule has 0 saturated heterocycles. The van der Waals surface area contributed by atoms with Crippen molar-refractivity contribution in [1.29, 1.82) is 5.26 Å². The molecule has 0 radical (unpaired) electrons. The summed E-state index contributed by atoms with van der Waals surface area (Å²) in [5.74, 6) is -0.389. The van der Waals surface area contributed by atoms with E-state index >= 15 is 0 Å². The van der Waals surface area contributed by atoms with Gasteiger partial charge in [0.15, 0.2) is 0 Å². The number of halogens is 3. The number of carbonyl (C=O) groups excluding carboxylic acids is 1. The molecule has 3 rings (SSSR count). The van der Waals surface area contributed by atoms with E-state index in [0.717, 1.165) is 17.7 Å². The van der Waals surface area contributed by atoms with E-state index in [2.05, 4.69) is 6.07 Å². The number of benzene rings is 2. The Morgan fingerprint density at radius 3 is 2.41 bits per heavy atom. The Labute approximate surface area is 156 Å². The lowest BCUT2D eigenvalue weighted by Crippen LogP contribution is -2.38. The minimum atomic E-state index is -4.36. The maximum absolute atomic E-state index is 13.0. The molecule has 0 N–H and O–H groups in total. The van der Waals surface area contributed by atoms with Gasteiger partial charge in [-0.2, -0.15) is 18.4 Å². The summed E-state index contributed by atoms with van der Waals surface area (Å²) < 4.78 is 38.1. The normalized spacial score (nSPS) is 18.9. The number of anilines is 1. The zero-order valence-electron chi connectivity index (χ0n) is 15.0. The van der Waals surface area contributed by atoms with Crippen LogP contribution in [0.3, 0.4) is 0 Å². The van der Waals surface area contributed by atoms with Crippen molar-refractivity contribution in [2.45, 2.75) is 38.4 Å². The molecule has 3 nitrogen and oxygen atoms in total. The van der Waals surface area contributed by atoms with Gasteiger partial charge in [0, 0.05) is 17.6 Å². The highest BCUT2D eigenvalue weighted by molar-refractivity contribution is 5.98. The minimum Gasteiger partial charge on any atom is -0.310 e. The predicted octanol–water partition coefficient (Wildman–Crippen LogP) is 5.12. The highest BCUT2D eigenvalue weighted by atomic mass is 19.4. The second kappa shape index (κ2) is 7.07. The van der Waals surface area contributed by atoms with E-state index in [-0.39, 0.29) is 23.8 Å². The first kappa shape index (κ1) is 19.0. The number of alkyl halides is 3. The van der Waals surface area contributed by atoms with Gasteiger partial charge in [-0.15, -0.1) is 0 Å². The first-order chi connectivity index (χ1) is 12.7. The van der Waals surface area contributed by atoms with Gasteiger partial charge < -0.3 is 4.90 Å². The average molecular weight is 372 g/mol. The van der Waals surface area contributed by atoms with Crippen LogP contribution in [0.5, 0.6) is 0 Å². The van der Waals surface area contributed by atoms with Gasteiger partial charge in [0.1, 0.15) is 0 Å². The molecule has 27 heavy (non-hydrogen) atoms. The minimum absolute atomic E-state index is 0.0648. The lowest BCUT2D eigenvalue weighted by atomic mass is 10.1. The molecule has 1 amide bonds. The van der Waals surface area contributed by atoms with Gasteiger partial charge in [-0.05, 0) is 62.1 Å². The number of rotatable bonds is 4. The molecular weight excluding hydrogens is 353 g/mol. The standard InChI is InChI=1S/C21H19F3N2O/c1-13(2)26(17-5-3-4-14(10-17)12-25)20(27)19-11-18(19)15-6-8-16(9-7-15)21(22,23)24/h3-10,13,18-19H,11H2,1-2H3. The summed E-state index contributed by atoms with van der Waals surface area (Å²) in [6, 6.07) is 13.9. The fraction of sp³-hybridized carbons (Fsp3) is 0.333. The van der Waals surface area contributed by atoms with Crippen molar-refractivity contribution in [3.63, 3.8) is 0 Å². The quantitative estimate of drug-likeness (QED) is 0.747. The van der Waals surface area contributed by atoms with Gasteiger partial charge in [-0.25, -0.2) is 0 Å². The molecule has 1 aliphatic rings. The average Bonchev–Trinajstić information content (AvgIpc) is 3.42. The van der Waals surface area contributed by atoms with Crippen LogP contribution in [0.1, 0.15) is 42.9 Å². The second-order valence-electron chi connectivity index (χ2n) is 7.03. The van der Waals surface area contributed by atoms with Gasteiger partial charge in [0.2, 0.25) is 5.91 Å². The summed E-state index contributed by atoms with van der Waals surface area (Å²) in [6.07, 6.45) is -3.75. The Balaban J connectivity index is 1.78. The van der Waals surface area contributed by atoms with Crippen molar-refractivity contribution in [3.05, 3.63) is 65.2 Å². The van der Waals surface area contributed by atoms with Crippen molar-refractivity contribution < 1.29 is 18.0 Å². The van der Waals surface area contributed by atoms with Crippen molar-refractivity contribution in [2.24, 2.45) is 5.92 Å². The summed E-state index contributed by atoms with van der Waals surface area (Å²) >= 11 is 0. The Morgan fingerprint density at radius 2 is 1.85 bits per heavy atom. The molecule has 0 aliphatic heterocycles. The largest absolute Gasteiger partial charge is 0.416 e. The van der Waals surface area contributed by atoms with Crippen LogP contribution in [-0.2, 0) is 11.0 Å². The second-order valence-corrected chi connectivity index (χ2v) is 7.03. The Kier molecular flexibility index (Phi) is 4.97. The fourth-order valence-electron chi connectivity index (χ4n) is 3.34. The summed E-state index contributed by atoms with van der Waals surface area (Å²) in [5, 5.41) is 9.08. The summed E-state index contributed by atoms with van der Waals surface area (Å²) in [4.78, 5) is 14.7. The number of nitriles is 1. The molecule has 2 aromatic rings.